The van der Waals surface area contributed by atoms with Gasteiger partial charge in [-0.3, -0.25) is 14.7 Å². The van der Waals surface area contributed by atoms with Crippen LogP contribution in [0.3, 0.4) is 0 Å². The van der Waals surface area contributed by atoms with Crippen molar-refractivity contribution in [3.63, 3.8) is 0 Å². The lowest BCUT2D eigenvalue weighted by molar-refractivity contribution is 0.0933. The zero-order valence-corrected chi connectivity index (χ0v) is 11.2. The van der Waals surface area contributed by atoms with Gasteiger partial charge in [0.15, 0.2) is 5.78 Å². The van der Waals surface area contributed by atoms with Crippen molar-refractivity contribution >= 4 is 17.1 Å². The molecule has 2 aromatic heterocycles. The van der Waals surface area contributed by atoms with Crippen LogP contribution in [-0.2, 0) is 6.54 Å². The van der Waals surface area contributed by atoms with E-state index in [0.717, 1.165) is 18.0 Å². The summed E-state index contributed by atoms with van der Waals surface area (Å²) in [7, 11) is 0. The molecule has 0 spiro atoms. The lowest BCUT2D eigenvalue weighted by Crippen LogP contribution is -2.29. The second-order valence-corrected chi connectivity index (χ2v) is 5.01. The molecule has 0 aliphatic heterocycles. The Bertz CT molecular complexity index is 482. The van der Waals surface area contributed by atoms with Gasteiger partial charge in [-0.05, 0) is 35.7 Å². The number of aromatic nitrogens is 1. The van der Waals surface area contributed by atoms with Crippen LogP contribution in [0.1, 0.15) is 22.2 Å². The number of carbonyl (C=O) groups is 1. The molecule has 0 aliphatic carbocycles. The molecule has 3 nitrogen and oxygen atoms in total. The Balaban J connectivity index is 1.96. The first-order chi connectivity index (χ1) is 8.79. The monoisotopic (exact) mass is 260 g/mol. The lowest BCUT2D eigenvalue weighted by Gasteiger charge is -2.19. The van der Waals surface area contributed by atoms with Gasteiger partial charge >= 0.3 is 0 Å². The molecule has 0 atom stereocenters. The van der Waals surface area contributed by atoms with E-state index in [4.69, 9.17) is 0 Å². The van der Waals surface area contributed by atoms with E-state index in [9.17, 15) is 4.79 Å². The van der Waals surface area contributed by atoms with Gasteiger partial charge in [-0.15, -0.1) is 11.3 Å². The number of rotatable bonds is 6. The molecule has 2 aromatic rings. The number of hydrogen-bond donors (Lipinski definition) is 0. The van der Waals surface area contributed by atoms with E-state index in [-0.39, 0.29) is 5.78 Å². The largest absolute Gasteiger partial charge is 0.292 e. The number of Topliss-reactive ketones (excluding diaryl/α,β-unsaturated/α-hetero) is 1. The number of likely N-dealkylation sites (N-methyl/N-ethyl adjacent to an activating group) is 1. The van der Waals surface area contributed by atoms with Crippen molar-refractivity contribution in [1.29, 1.82) is 0 Å². The maximum absolute atomic E-state index is 12.0. The number of thiophene rings is 1. The summed E-state index contributed by atoms with van der Waals surface area (Å²) in [5.41, 5.74) is 1.19. The molecule has 0 saturated carbocycles. The summed E-state index contributed by atoms with van der Waals surface area (Å²) in [5.74, 6) is 0.195. The number of nitrogens with zero attached hydrogens (tertiary/aromatic N) is 2. The maximum Gasteiger partial charge on any atom is 0.186 e. The average molecular weight is 260 g/mol. The Morgan fingerprint density at radius 1 is 1.33 bits per heavy atom. The Kier molecular flexibility index (Phi) is 4.61. The number of carbonyl (C=O) groups excluding carboxylic acids is 1. The molecule has 0 aromatic carbocycles. The summed E-state index contributed by atoms with van der Waals surface area (Å²) in [4.78, 5) is 19.0. The smallest absolute Gasteiger partial charge is 0.186 e. The molecular weight excluding hydrogens is 244 g/mol. The topological polar surface area (TPSA) is 33.2 Å². The predicted molar refractivity (Wildman–Crippen MR) is 73.8 cm³/mol. The van der Waals surface area contributed by atoms with Crippen LogP contribution in [0.2, 0.25) is 0 Å². The molecule has 2 rings (SSSR count). The highest BCUT2D eigenvalue weighted by molar-refractivity contribution is 7.12. The molecule has 0 N–H and O–H groups in total. The summed E-state index contributed by atoms with van der Waals surface area (Å²) in [5, 5.41) is 1.94. The summed E-state index contributed by atoms with van der Waals surface area (Å²) in [6.45, 7) is 4.19. The maximum atomic E-state index is 12.0. The predicted octanol–water partition coefficient (Wildman–Crippen LogP) is 2.85. The molecule has 0 bridgehead atoms. The summed E-state index contributed by atoms with van der Waals surface area (Å²) in [6, 6.07) is 7.76. The highest BCUT2D eigenvalue weighted by Gasteiger charge is 2.12. The highest BCUT2D eigenvalue weighted by atomic mass is 32.1. The van der Waals surface area contributed by atoms with Gasteiger partial charge in [0.05, 0.1) is 11.4 Å². The first kappa shape index (κ1) is 12.9. The van der Waals surface area contributed by atoms with Crippen molar-refractivity contribution in [2.24, 2.45) is 0 Å². The van der Waals surface area contributed by atoms with Gasteiger partial charge in [-0.1, -0.05) is 13.0 Å². The number of ketones is 1. The Morgan fingerprint density at radius 3 is 2.72 bits per heavy atom. The molecule has 0 aliphatic rings. The molecule has 0 radical (unpaired) electrons. The molecule has 94 valence electrons. The molecule has 2 heterocycles. The molecule has 18 heavy (non-hydrogen) atoms. The summed E-state index contributed by atoms with van der Waals surface area (Å²) < 4.78 is 0. The van der Waals surface area contributed by atoms with Gasteiger partial charge in [-0.25, -0.2) is 0 Å². The van der Waals surface area contributed by atoms with E-state index in [2.05, 4.69) is 16.8 Å². The van der Waals surface area contributed by atoms with Gasteiger partial charge in [0.25, 0.3) is 0 Å². The normalized spacial score (nSPS) is 10.8. The third-order valence-corrected chi connectivity index (χ3v) is 3.68. The fourth-order valence-corrected chi connectivity index (χ4v) is 2.40. The van der Waals surface area contributed by atoms with E-state index in [1.807, 2.05) is 29.6 Å². The zero-order valence-electron chi connectivity index (χ0n) is 10.4. The zero-order chi connectivity index (χ0) is 12.8. The fourth-order valence-electron chi connectivity index (χ4n) is 1.74. The fraction of sp³-hybridized carbons (Fsp3) is 0.286. The van der Waals surface area contributed by atoms with E-state index >= 15 is 0 Å². The van der Waals surface area contributed by atoms with E-state index < -0.39 is 0 Å². The quantitative estimate of drug-likeness (QED) is 0.749. The van der Waals surface area contributed by atoms with Gasteiger partial charge in [-0.2, -0.15) is 0 Å². The number of pyridine rings is 1. The van der Waals surface area contributed by atoms with E-state index in [1.165, 1.54) is 16.9 Å². The molecule has 0 amide bonds. The highest BCUT2D eigenvalue weighted by Crippen LogP contribution is 2.11. The van der Waals surface area contributed by atoms with Crippen LogP contribution in [0.5, 0.6) is 0 Å². The van der Waals surface area contributed by atoms with Crippen molar-refractivity contribution in [2.45, 2.75) is 13.5 Å². The second kappa shape index (κ2) is 6.42. The minimum absolute atomic E-state index is 0.195. The van der Waals surface area contributed by atoms with E-state index in [1.54, 1.807) is 12.4 Å². The van der Waals surface area contributed by atoms with Crippen LogP contribution in [-0.4, -0.2) is 28.8 Å². The van der Waals surface area contributed by atoms with Gasteiger partial charge in [0.2, 0.25) is 0 Å². The van der Waals surface area contributed by atoms with E-state index in [0.29, 0.717) is 6.54 Å². The van der Waals surface area contributed by atoms with Crippen LogP contribution >= 0.6 is 11.3 Å². The van der Waals surface area contributed by atoms with Crippen LogP contribution in [0.15, 0.2) is 42.0 Å². The van der Waals surface area contributed by atoms with Crippen LogP contribution in [0.4, 0.5) is 0 Å². The third kappa shape index (κ3) is 3.48. The Labute approximate surface area is 111 Å². The molecule has 0 fully saturated rings. The van der Waals surface area contributed by atoms with Gasteiger partial charge in [0.1, 0.15) is 0 Å². The minimum atomic E-state index is 0.195. The van der Waals surface area contributed by atoms with Crippen LogP contribution in [0, 0.1) is 0 Å². The van der Waals surface area contributed by atoms with Crippen molar-refractivity contribution < 1.29 is 4.79 Å². The minimum Gasteiger partial charge on any atom is -0.292 e. The van der Waals surface area contributed by atoms with Crippen molar-refractivity contribution in [3.8, 4) is 0 Å². The first-order valence-corrected chi connectivity index (χ1v) is 6.85. The molecule has 4 heteroatoms. The Morgan fingerprint density at radius 2 is 2.11 bits per heavy atom. The van der Waals surface area contributed by atoms with Gasteiger partial charge < -0.3 is 0 Å². The standard InChI is InChI=1S/C14H16N2OS/c1-2-16(10-12-5-7-15-8-6-12)11-13(17)14-4-3-9-18-14/h3-9H,2,10-11H2,1H3. The summed E-state index contributed by atoms with van der Waals surface area (Å²) in [6.07, 6.45) is 3.56. The SMILES string of the molecule is CCN(CC(=O)c1cccs1)Cc1ccncc1. The number of hydrogen-bond acceptors (Lipinski definition) is 4. The first-order valence-electron chi connectivity index (χ1n) is 5.97. The molecule has 0 saturated heterocycles. The average Bonchev–Trinajstić information content (AvgIpc) is 2.93. The second-order valence-electron chi connectivity index (χ2n) is 4.06. The van der Waals surface area contributed by atoms with Crippen molar-refractivity contribution in [3.05, 3.63) is 52.5 Å². The summed E-state index contributed by atoms with van der Waals surface area (Å²) >= 11 is 1.50. The van der Waals surface area contributed by atoms with Gasteiger partial charge in [0, 0.05) is 18.9 Å². The Hall–Kier alpha value is -1.52. The van der Waals surface area contributed by atoms with Crippen molar-refractivity contribution in [1.82, 2.24) is 9.88 Å². The third-order valence-electron chi connectivity index (χ3n) is 2.77. The van der Waals surface area contributed by atoms with Crippen LogP contribution in [0.25, 0.3) is 0 Å². The van der Waals surface area contributed by atoms with Crippen molar-refractivity contribution in [2.75, 3.05) is 13.1 Å². The lowest BCUT2D eigenvalue weighted by atomic mass is 10.2. The molecular formula is C14H16N2OS. The van der Waals surface area contributed by atoms with Crippen LogP contribution < -0.4 is 0 Å². The molecule has 0 unspecified atom stereocenters.